The molecule has 1 rings (SSSR count). The van der Waals surface area contributed by atoms with Gasteiger partial charge in [0.05, 0.1) is 5.60 Å². The molecule has 0 bridgehead atoms. The molecule has 0 aliphatic rings. The summed E-state index contributed by atoms with van der Waals surface area (Å²) < 4.78 is 0. The number of aryl methyl sites for hydroxylation is 1. The molecule has 0 aliphatic heterocycles. The molecule has 3 N–H and O–H groups in total. The van der Waals surface area contributed by atoms with Gasteiger partial charge in [-0.05, 0) is 56.4 Å². The fraction of sp³-hybridized carbons (Fsp3) is 0.562. The van der Waals surface area contributed by atoms with Crippen LogP contribution in [0.1, 0.15) is 49.5 Å². The van der Waals surface area contributed by atoms with Crippen molar-refractivity contribution in [1.29, 1.82) is 0 Å². The quantitative estimate of drug-likeness (QED) is 0.749. The van der Waals surface area contributed by atoms with Crippen LogP contribution in [0.4, 0.5) is 0 Å². The smallest absolute Gasteiger partial charge is 0.251 e. The van der Waals surface area contributed by atoms with E-state index in [2.05, 4.69) is 19.2 Å². The van der Waals surface area contributed by atoms with Crippen LogP contribution in [0.3, 0.4) is 0 Å². The van der Waals surface area contributed by atoms with Crippen LogP contribution in [-0.4, -0.2) is 28.3 Å². The number of carbonyl (C=O) groups excluding carboxylic acids is 1. The van der Waals surface area contributed by atoms with Gasteiger partial charge in [0.1, 0.15) is 5.75 Å². The molecule has 0 heterocycles. The van der Waals surface area contributed by atoms with Crippen LogP contribution in [-0.2, 0) is 0 Å². The highest BCUT2D eigenvalue weighted by Gasteiger charge is 2.21. The summed E-state index contributed by atoms with van der Waals surface area (Å²) in [6, 6.07) is 4.72. The van der Waals surface area contributed by atoms with E-state index in [0.29, 0.717) is 17.9 Å². The minimum atomic E-state index is -0.911. The Morgan fingerprint density at radius 1 is 1.35 bits per heavy atom. The molecule has 4 heteroatoms. The lowest BCUT2D eigenvalue weighted by Crippen LogP contribution is -2.40. The van der Waals surface area contributed by atoms with Gasteiger partial charge in [0.15, 0.2) is 0 Å². The number of phenolic OH excluding ortho intramolecular Hbond substituents is 1. The van der Waals surface area contributed by atoms with E-state index in [1.54, 1.807) is 19.1 Å². The third-order valence-electron chi connectivity index (χ3n) is 3.21. The Morgan fingerprint density at radius 3 is 2.55 bits per heavy atom. The highest BCUT2D eigenvalue weighted by Crippen LogP contribution is 2.17. The first kappa shape index (κ1) is 16.5. The molecule has 0 spiro atoms. The molecule has 0 saturated carbocycles. The van der Waals surface area contributed by atoms with E-state index in [1.807, 2.05) is 6.92 Å². The van der Waals surface area contributed by atoms with Crippen molar-refractivity contribution < 1.29 is 15.0 Å². The van der Waals surface area contributed by atoms with Crippen LogP contribution >= 0.6 is 0 Å². The van der Waals surface area contributed by atoms with Gasteiger partial charge in [-0.1, -0.05) is 13.8 Å². The standard InChI is InChI=1S/C16H25NO3/c1-11(2)5-6-16(4,20)10-17-15(19)13-7-12(3)8-14(18)9-13/h7-9,11,18,20H,5-6,10H2,1-4H3,(H,17,19). The van der Waals surface area contributed by atoms with Crippen molar-refractivity contribution in [1.82, 2.24) is 5.32 Å². The third kappa shape index (κ3) is 5.61. The number of aliphatic hydroxyl groups is 1. The molecule has 1 atom stereocenters. The Labute approximate surface area is 120 Å². The summed E-state index contributed by atoms with van der Waals surface area (Å²) in [6.45, 7) is 7.94. The Balaban J connectivity index is 2.58. The maximum Gasteiger partial charge on any atom is 0.251 e. The lowest BCUT2D eigenvalue weighted by Gasteiger charge is -2.24. The van der Waals surface area contributed by atoms with Crippen molar-refractivity contribution >= 4 is 5.91 Å². The van der Waals surface area contributed by atoms with Gasteiger partial charge in [0.25, 0.3) is 5.91 Å². The first-order valence-corrected chi connectivity index (χ1v) is 7.01. The predicted octanol–water partition coefficient (Wildman–Crippen LogP) is 2.62. The highest BCUT2D eigenvalue weighted by atomic mass is 16.3. The van der Waals surface area contributed by atoms with Gasteiger partial charge in [-0.15, -0.1) is 0 Å². The molecule has 4 nitrogen and oxygen atoms in total. The maximum atomic E-state index is 12.0. The lowest BCUT2D eigenvalue weighted by atomic mass is 9.95. The molecule has 0 fully saturated rings. The predicted molar refractivity (Wildman–Crippen MR) is 79.9 cm³/mol. The summed E-state index contributed by atoms with van der Waals surface area (Å²) in [5.74, 6) is 0.307. The fourth-order valence-corrected chi connectivity index (χ4v) is 1.95. The Kier molecular flexibility index (Phi) is 5.57. The minimum Gasteiger partial charge on any atom is -0.508 e. The van der Waals surface area contributed by atoms with E-state index in [9.17, 15) is 15.0 Å². The average Bonchev–Trinajstić information content (AvgIpc) is 2.32. The number of hydrogen-bond acceptors (Lipinski definition) is 3. The van der Waals surface area contributed by atoms with E-state index < -0.39 is 5.60 Å². The van der Waals surface area contributed by atoms with Crippen molar-refractivity contribution in [2.24, 2.45) is 5.92 Å². The van der Waals surface area contributed by atoms with Gasteiger partial charge >= 0.3 is 0 Å². The SMILES string of the molecule is Cc1cc(O)cc(C(=O)NCC(C)(O)CCC(C)C)c1. The van der Waals surface area contributed by atoms with E-state index in [-0.39, 0.29) is 18.2 Å². The molecule has 1 unspecified atom stereocenters. The van der Waals surface area contributed by atoms with Gasteiger partial charge in [-0.3, -0.25) is 4.79 Å². The van der Waals surface area contributed by atoms with Crippen LogP contribution in [0.15, 0.2) is 18.2 Å². The van der Waals surface area contributed by atoms with E-state index in [4.69, 9.17) is 0 Å². The van der Waals surface area contributed by atoms with Gasteiger partial charge in [0.2, 0.25) is 0 Å². The number of nitrogens with one attached hydrogen (secondary N) is 1. The molecular formula is C16H25NO3. The first-order valence-electron chi connectivity index (χ1n) is 7.01. The zero-order valence-electron chi connectivity index (χ0n) is 12.7. The number of rotatable bonds is 6. The van der Waals surface area contributed by atoms with E-state index in [1.165, 1.54) is 6.07 Å². The summed E-state index contributed by atoms with van der Waals surface area (Å²) >= 11 is 0. The summed E-state index contributed by atoms with van der Waals surface area (Å²) in [7, 11) is 0. The zero-order valence-corrected chi connectivity index (χ0v) is 12.7. The second-order valence-corrected chi connectivity index (χ2v) is 6.17. The van der Waals surface area contributed by atoms with Crippen LogP contribution in [0.25, 0.3) is 0 Å². The topological polar surface area (TPSA) is 69.6 Å². The second-order valence-electron chi connectivity index (χ2n) is 6.17. The molecule has 0 aromatic heterocycles. The molecule has 1 aromatic rings. The average molecular weight is 279 g/mol. The summed E-state index contributed by atoms with van der Waals surface area (Å²) in [5, 5.41) is 22.4. The number of benzene rings is 1. The summed E-state index contributed by atoms with van der Waals surface area (Å²) in [4.78, 5) is 12.0. The normalized spacial score (nSPS) is 14.1. The minimum absolute atomic E-state index is 0.0710. The monoisotopic (exact) mass is 279 g/mol. The number of amides is 1. The first-order chi connectivity index (χ1) is 9.19. The van der Waals surface area contributed by atoms with E-state index >= 15 is 0 Å². The number of aromatic hydroxyl groups is 1. The number of carbonyl (C=O) groups is 1. The second kappa shape index (κ2) is 6.75. The number of hydrogen-bond donors (Lipinski definition) is 3. The molecule has 0 radical (unpaired) electrons. The Hall–Kier alpha value is -1.55. The maximum absolute atomic E-state index is 12.0. The molecule has 0 saturated heterocycles. The summed E-state index contributed by atoms with van der Waals surface area (Å²) in [5.41, 5.74) is 0.315. The van der Waals surface area contributed by atoms with Gasteiger partial charge in [-0.2, -0.15) is 0 Å². The van der Waals surface area contributed by atoms with Gasteiger partial charge in [0, 0.05) is 12.1 Å². The van der Waals surface area contributed by atoms with Crippen molar-refractivity contribution in [3.63, 3.8) is 0 Å². The fourth-order valence-electron chi connectivity index (χ4n) is 1.95. The third-order valence-corrected chi connectivity index (χ3v) is 3.21. The van der Waals surface area contributed by atoms with Gasteiger partial charge < -0.3 is 15.5 Å². The Morgan fingerprint density at radius 2 is 2.00 bits per heavy atom. The van der Waals surface area contributed by atoms with Crippen molar-refractivity contribution in [3.8, 4) is 5.75 Å². The van der Waals surface area contributed by atoms with Crippen LogP contribution < -0.4 is 5.32 Å². The van der Waals surface area contributed by atoms with Crippen molar-refractivity contribution in [2.45, 2.75) is 46.1 Å². The molecule has 0 aliphatic carbocycles. The molecule has 1 aromatic carbocycles. The molecular weight excluding hydrogens is 254 g/mol. The van der Waals surface area contributed by atoms with Gasteiger partial charge in [-0.25, -0.2) is 0 Å². The molecule has 1 amide bonds. The van der Waals surface area contributed by atoms with E-state index in [0.717, 1.165) is 12.0 Å². The Bertz CT molecular complexity index is 447. The van der Waals surface area contributed by atoms with Crippen LogP contribution in [0, 0.1) is 12.8 Å². The largest absolute Gasteiger partial charge is 0.508 e. The zero-order chi connectivity index (χ0) is 15.3. The molecule has 20 heavy (non-hydrogen) atoms. The van der Waals surface area contributed by atoms with Crippen molar-refractivity contribution in [2.75, 3.05) is 6.54 Å². The van der Waals surface area contributed by atoms with Crippen LogP contribution in [0.2, 0.25) is 0 Å². The number of phenols is 1. The molecule has 112 valence electrons. The lowest BCUT2D eigenvalue weighted by molar-refractivity contribution is 0.0429. The summed E-state index contributed by atoms with van der Waals surface area (Å²) in [6.07, 6.45) is 1.55. The van der Waals surface area contributed by atoms with Crippen LogP contribution in [0.5, 0.6) is 5.75 Å². The van der Waals surface area contributed by atoms with Crippen molar-refractivity contribution in [3.05, 3.63) is 29.3 Å². The highest BCUT2D eigenvalue weighted by molar-refractivity contribution is 5.94.